The molecule has 0 aliphatic rings. The first kappa shape index (κ1) is 18.5. The predicted molar refractivity (Wildman–Crippen MR) is 105 cm³/mol. The molecule has 2 aromatic heterocycles. The van der Waals surface area contributed by atoms with E-state index in [1.165, 1.54) is 6.07 Å². The zero-order valence-electron chi connectivity index (χ0n) is 16.0. The Morgan fingerprint density at radius 2 is 1.69 bits per heavy atom. The summed E-state index contributed by atoms with van der Waals surface area (Å²) in [6.45, 7) is 0.658. The Labute approximate surface area is 166 Å². The zero-order chi connectivity index (χ0) is 20.2. The van der Waals surface area contributed by atoms with Crippen LogP contribution in [-0.2, 0) is 13.2 Å². The highest BCUT2D eigenvalue weighted by Gasteiger charge is 2.10. The fraction of sp³-hybridized carbons (Fsp3) is 0.190. The third-order valence-corrected chi connectivity index (χ3v) is 4.40. The minimum Gasteiger partial charge on any atom is -0.497 e. The molecule has 0 aliphatic heterocycles. The Balaban J connectivity index is 1.49. The van der Waals surface area contributed by atoms with Gasteiger partial charge in [0, 0.05) is 17.5 Å². The van der Waals surface area contributed by atoms with E-state index >= 15 is 0 Å². The van der Waals surface area contributed by atoms with E-state index in [-0.39, 0.29) is 6.61 Å². The van der Waals surface area contributed by atoms with Gasteiger partial charge in [0.25, 0.3) is 0 Å². The average molecular weight is 393 g/mol. The Hall–Kier alpha value is -3.81. The molecule has 2 aromatic carbocycles. The van der Waals surface area contributed by atoms with Gasteiger partial charge in [-0.2, -0.15) is 0 Å². The van der Waals surface area contributed by atoms with Gasteiger partial charge in [-0.25, -0.2) is 9.48 Å². The van der Waals surface area contributed by atoms with Crippen LogP contribution in [0.2, 0.25) is 0 Å². The molecule has 0 atom stereocenters. The predicted octanol–water partition coefficient (Wildman–Crippen LogP) is 3.03. The maximum absolute atomic E-state index is 11.9. The molecule has 8 heteroatoms. The van der Waals surface area contributed by atoms with Crippen molar-refractivity contribution < 1.29 is 18.6 Å². The fourth-order valence-corrected chi connectivity index (χ4v) is 2.95. The van der Waals surface area contributed by atoms with Crippen molar-refractivity contribution in [1.29, 1.82) is 0 Å². The molecule has 0 radical (unpaired) electrons. The van der Waals surface area contributed by atoms with Gasteiger partial charge in [-0.05, 0) is 42.0 Å². The van der Waals surface area contributed by atoms with Crippen molar-refractivity contribution in [2.24, 2.45) is 0 Å². The summed E-state index contributed by atoms with van der Waals surface area (Å²) >= 11 is 0. The highest BCUT2D eigenvalue weighted by Crippen LogP contribution is 2.23. The molecule has 0 amide bonds. The molecule has 4 aromatic rings. The van der Waals surface area contributed by atoms with E-state index in [0.29, 0.717) is 29.3 Å². The molecule has 8 nitrogen and oxygen atoms in total. The third kappa shape index (κ3) is 4.21. The number of hydrogen-bond acceptors (Lipinski definition) is 7. The van der Waals surface area contributed by atoms with Crippen LogP contribution in [0.25, 0.3) is 11.0 Å². The number of nitrogens with zero attached hydrogens (tertiary/aromatic N) is 3. The Morgan fingerprint density at radius 1 is 0.966 bits per heavy atom. The number of aromatic nitrogens is 3. The largest absolute Gasteiger partial charge is 0.497 e. The second-order valence-electron chi connectivity index (χ2n) is 6.32. The standard InChI is InChI=1S/C21H19N3O5/c1-26-16-3-5-17(6-4-16)28-13-15-12-24(23-22-15)11-14-9-21(25)29-20-10-18(27-2)7-8-19(14)20/h3-10,12H,11,13H2,1-2H3. The van der Waals surface area contributed by atoms with E-state index in [1.807, 2.05) is 36.4 Å². The quantitative estimate of drug-likeness (QED) is 0.446. The van der Waals surface area contributed by atoms with Crippen molar-refractivity contribution in [3.63, 3.8) is 0 Å². The summed E-state index contributed by atoms with van der Waals surface area (Å²) in [6.07, 6.45) is 1.79. The van der Waals surface area contributed by atoms with Gasteiger partial charge in [0.05, 0.1) is 27.0 Å². The minimum atomic E-state index is -0.427. The third-order valence-electron chi connectivity index (χ3n) is 4.40. The number of ether oxygens (including phenoxy) is 3. The second kappa shape index (κ2) is 8.05. The molecule has 0 aliphatic carbocycles. The van der Waals surface area contributed by atoms with Crippen molar-refractivity contribution in [3.8, 4) is 17.2 Å². The average Bonchev–Trinajstić information content (AvgIpc) is 3.19. The normalized spacial score (nSPS) is 10.8. The van der Waals surface area contributed by atoms with Crippen molar-refractivity contribution in [2.45, 2.75) is 13.2 Å². The number of hydrogen-bond donors (Lipinski definition) is 0. The summed E-state index contributed by atoms with van der Waals surface area (Å²) in [7, 11) is 3.18. The van der Waals surface area contributed by atoms with Gasteiger partial charge in [0.1, 0.15) is 35.1 Å². The molecular weight excluding hydrogens is 374 g/mol. The minimum absolute atomic E-state index is 0.279. The maximum Gasteiger partial charge on any atom is 0.336 e. The Bertz CT molecular complexity index is 1180. The van der Waals surface area contributed by atoms with Crippen LogP contribution in [0.1, 0.15) is 11.3 Å². The van der Waals surface area contributed by atoms with Gasteiger partial charge in [-0.3, -0.25) is 0 Å². The molecule has 0 bridgehead atoms. The van der Waals surface area contributed by atoms with Gasteiger partial charge in [0.2, 0.25) is 0 Å². The fourth-order valence-electron chi connectivity index (χ4n) is 2.95. The van der Waals surface area contributed by atoms with Gasteiger partial charge in [-0.1, -0.05) is 5.21 Å². The monoisotopic (exact) mass is 393 g/mol. The first-order valence-electron chi connectivity index (χ1n) is 8.91. The van der Waals surface area contributed by atoms with Crippen LogP contribution in [-0.4, -0.2) is 29.2 Å². The Morgan fingerprint density at radius 3 is 2.45 bits per heavy atom. The summed E-state index contributed by atoms with van der Waals surface area (Å²) in [6, 6.07) is 14.1. The molecule has 0 spiro atoms. The van der Waals surface area contributed by atoms with Crippen molar-refractivity contribution in [3.05, 3.63) is 76.4 Å². The SMILES string of the molecule is COc1ccc(OCc2cn(Cc3cc(=O)oc4cc(OC)ccc34)nn2)cc1. The zero-order valence-corrected chi connectivity index (χ0v) is 16.0. The van der Waals surface area contributed by atoms with Crippen LogP contribution in [0.5, 0.6) is 17.2 Å². The van der Waals surface area contributed by atoms with Gasteiger partial charge in [0.15, 0.2) is 0 Å². The van der Waals surface area contributed by atoms with E-state index in [4.69, 9.17) is 18.6 Å². The highest BCUT2D eigenvalue weighted by atomic mass is 16.5. The summed E-state index contributed by atoms with van der Waals surface area (Å²) < 4.78 is 23.0. The summed E-state index contributed by atoms with van der Waals surface area (Å²) in [5.41, 5.74) is 1.50. The molecule has 0 saturated heterocycles. The highest BCUT2D eigenvalue weighted by molar-refractivity contribution is 5.81. The van der Waals surface area contributed by atoms with Crippen LogP contribution in [0.4, 0.5) is 0 Å². The van der Waals surface area contributed by atoms with Crippen molar-refractivity contribution >= 4 is 11.0 Å². The molecule has 29 heavy (non-hydrogen) atoms. The number of methoxy groups -OCH3 is 2. The maximum atomic E-state index is 11.9. The first-order valence-corrected chi connectivity index (χ1v) is 8.91. The number of fused-ring (bicyclic) bond motifs is 1. The van der Waals surface area contributed by atoms with Gasteiger partial charge >= 0.3 is 5.63 Å². The lowest BCUT2D eigenvalue weighted by Crippen LogP contribution is -2.06. The molecule has 0 saturated carbocycles. The van der Waals surface area contributed by atoms with E-state index in [9.17, 15) is 4.79 Å². The van der Waals surface area contributed by atoms with E-state index < -0.39 is 5.63 Å². The van der Waals surface area contributed by atoms with E-state index in [0.717, 1.165) is 16.7 Å². The topological polar surface area (TPSA) is 88.6 Å². The van der Waals surface area contributed by atoms with Crippen LogP contribution in [0.3, 0.4) is 0 Å². The smallest absolute Gasteiger partial charge is 0.336 e. The lowest BCUT2D eigenvalue weighted by atomic mass is 10.1. The van der Waals surface area contributed by atoms with Crippen LogP contribution in [0.15, 0.2) is 63.9 Å². The lowest BCUT2D eigenvalue weighted by molar-refractivity contribution is 0.300. The molecule has 2 heterocycles. The van der Waals surface area contributed by atoms with E-state index in [2.05, 4.69) is 10.3 Å². The second-order valence-corrected chi connectivity index (χ2v) is 6.32. The van der Waals surface area contributed by atoms with E-state index in [1.54, 1.807) is 31.2 Å². The van der Waals surface area contributed by atoms with Gasteiger partial charge < -0.3 is 18.6 Å². The first-order chi connectivity index (χ1) is 14.1. The summed E-state index contributed by atoms with van der Waals surface area (Å²) in [5.74, 6) is 2.10. The van der Waals surface area contributed by atoms with Crippen LogP contribution in [0, 0.1) is 0 Å². The number of rotatable bonds is 7. The van der Waals surface area contributed by atoms with Crippen LogP contribution >= 0.6 is 0 Å². The number of benzene rings is 2. The lowest BCUT2D eigenvalue weighted by Gasteiger charge is -2.07. The molecule has 148 valence electrons. The van der Waals surface area contributed by atoms with Crippen molar-refractivity contribution in [2.75, 3.05) is 14.2 Å². The molecule has 0 unspecified atom stereocenters. The summed E-state index contributed by atoms with van der Waals surface area (Å²) in [5, 5.41) is 9.08. The molecule has 0 N–H and O–H groups in total. The van der Waals surface area contributed by atoms with Crippen LogP contribution < -0.4 is 19.8 Å². The van der Waals surface area contributed by atoms with Crippen molar-refractivity contribution in [1.82, 2.24) is 15.0 Å². The molecule has 0 fully saturated rings. The van der Waals surface area contributed by atoms with Gasteiger partial charge in [-0.15, -0.1) is 5.10 Å². The Kier molecular flexibility index (Phi) is 5.15. The summed E-state index contributed by atoms with van der Waals surface area (Å²) in [4.78, 5) is 11.9. The molecular formula is C21H19N3O5. The molecule has 4 rings (SSSR count).